The van der Waals surface area contributed by atoms with E-state index in [0.717, 1.165) is 37.5 Å². The Labute approximate surface area is 134 Å². The Morgan fingerprint density at radius 1 is 1.00 bits per heavy atom. The molecule has 0 radical (unpaired) electrons. The average molecular weight is 302 g/mol. The third kappa shape index (κ3) is 3.37. The first-order valence-electron chi connectivity index (χ1n) is 8.84. The van der Waals surface area contributed by atoms with E-state index in [2.05, 4.69) is 35.8 Å². The van der Waals surface area contributed by atoms with Gasteiger partial charge in [-0.1, -0.05) is 30.3 Å². The lowest BCUT2D eigenvalue weighted by molar-refractivity contribution is -0.0429. The lowest BCUT2D eigenvalue weighted by atomic mass is 9.83. The number of piperidine rings is 2. The van der Waals surface area contributed by atoms with Gasteiger partial charge in [0, 0.05) is 25.2 Å². The van der Waals surface area contributed by atoms with Crippen LogP contribution in [-0.4, -0.2) is 53.2 Å². The van der Waals surface area contributed by atoms with Gasteiger partial charge in [0.15, 0.2) is 0 Å². The lowest BCUT2D eigenvalue weighted by Crippen LogP contribution is -2.51. The standard InChI is InChI=1S/C19H30N2O/c1-16(2)20-12-8-18(9-13-20)21-14-10-19(22,11-15-21)17-6-4-3-5-7-17/h3-7,16,18,22H,8-15H2,1-2H3. The van der Waals surface area contributed by atoms with Gasteiger partial charge in [-0.3, -0.25) is 0 Å². The summed E-state index contributed by atoms with van der Waals surface area (Å²) in [5.74, 6) is 0. The summed E-state index contributed by atoms with van der Waals surface area (Å²) in [7, 11) is 0. The van der Waals surface area contributed by atoms with E-state index in [-0.39, 0.29) is 0 Å². The molecule has 2 fully saturated rings. The van der Waals surface area contributed by atoms with Crippen LogP contribution in [0.1, 0.15) is 45.1 Å². The number of benzene rings is 1. The van der Waals surface area contributed by atoms with Gasteiger partial charge < -0.3 is 14.9 Å². The summed E-state index contributed by atoms with van der Waals surface area (Å²) in [6.45, 7) is 9.08. The Bertz CT molecular complexity index is 458. The van der Waals surface area contributed by atoms with Crippen molar-refractivity contribution in [2.45, 2.75) is 57.2 Å². The first-order chi connectivity index (χ1) is 10.6. The third-order valence-electron chi connectivity index (χ3n) is 5.68. The monoisotopic (exact) mass is 302 g/mol. The molecule has 3 nitrogen and oxygen atoms in total. The predicted molar refractivity (Wildman–Crippen MR) is 90.9 cm³/mol. The summed E-state index contributed by atoms with van der Waals surface area (Å²) < 4.78 is 0. The zero-order valence-corrected chi connectivity index (χ0v) is 14.0. The van der Waals surface area contributed by atoms with Gasteiger partial charge in [-0.25, -0.2) is 0 Å². The second-order valence-corrected chi connectivity index (χ2v) is 7.29. The summed E-state index contributed by atoms with van der Waals surface area (Å²) in [6.07, 6.45) is 4.28. The fraction of sp³-hybridized carbons (Fsp3) is 0.684. The van der Waals surface area contributed by atoms with Crippen molar-refractivity contribution in [3.05, 3.63) is 35.9 Å². The molecule has 122 valence electrons. The van der Waals surface area contributed by atoms with Crippen molar-refractivity contribution in [1.29, 1.82) is 0 Å². The molecule has 0 bridgehead atoms. The highest BCUT2D eigenvalue weighted by Crippen LogP contribution is 2.34. The molecular formula is C19H30N2O. The first-order valence-corrected chi connectivity index (χ1v) is 8.84. The molecule has 0 unspecified atom stereocenters. The normalized spacial score (nSPS) is 24.7. The minimum absolute atomic E-state index is 0.615. The highest BCUT2D eigenvalue weighted by molar-refractivity contribution is 5.23. The zero-order valence-electron chi connectivity index (χ0n) is 14.0. The van der Waals surface area contributed by atoms with Crippen LogP contribution < -0.4 is 0 Å². The van der Waals surface area contributed by atoms with E-state index in [9.17, 15) is 5.11 Å². The van der Waals surface area contributed by atoms with Gasteiger partial charge in [0.25, 0.3) is 0 Å². The van der Waals surface area contributed by atoms with E-state index in [1.807, 2.05) is 18.2 Å². The summed E-state index contributed by atoms with van der Waals surface area (Å²) in [5.41, 5.74) is 0.473. The van der Waals surface area contributed by atoms with Gasteiger partial charge in [0.2, 0.25) is 0 Å². The Hall–Kier alpha value is -0.900. The molecule has 0 spiro atoms. The second kappa shape index (κ2) is 6.69. The highest BCUT2D eigenvalue weighted by Gasteiger charge is 2.36. The Morgan fingerprint density at radius 2 is 1.59 bits per heavy atom. The van der Waals surface area contributed by atoms with Crippen molar-refractivity contribution in [2.75, 3.05) is 26.2 Å². The van der Waals surface area contributed by atoms with E-state index in [1.165, 1.54) is 25.9 Å². The van der Waals surface area contributed by atoms with Crippen molar-refractivity contribution in [3.63, 3.8) is 0 Å². The molecule has 1 aromatic rings. The molecule has 0 saturated carbocycles. The van der Waals surface area contributed by atoms with Crippen molar-refractivity contribution in [1.82, 2.24) is 9.80 Å². The average Bonchev–Trinajstić information content (AvgIpc) is 2.56. The molecule has 0 aromatic heterocycles. The van der Waals surface area contributed by atoms with Crippen LogP contribution in [-0.2, 0) is 5.60 Å². The minimum Gasteiger partial charge on any atom is -0.385 e. The minimum atomic E-state index is -0.615. The molecule has 3 rings (SSSR count). The molecular weight excluding hydrogens is 272 g/mol. The molecule has 0 atom stereocenters. The topological polar surface area (TPSA) is 26.7 Å². The fourth-order valence-corrected chi connectivity index (χ4v) is 4.06. The van der Waals surface area contributed by atoms with Gasteiger partial charge in [-0.15, -0.1) is 0 Å². The molecule has 0 aliphatic carbocycles. The molecule has 2 heterocycles. The Balaban J connectivity index is 1.54. The van der Waals surface area contributed by atoms with Crippen LogP contribution in [0.25, 0.3) is 0 Å². The Kier molecular flexibility index (Phi) is 4.86. The van der Waals surface area contributed by atoms with Crippen LogP contribution in [0.2, 0.25) is 0 Å². The maximum atomic E-state index is 10.9. The molecule has 22 heavy (non-hydrogen) atoms. The summed E-state index contributed by atoms with van der Waals surface area (Å²) in [6, 6.07) is 11.6. The van der Waals surface area contributed by atoms with E-state index >= 15 is 0 Å². The van der Waals surface area contributed by atoms with Crippen LogP contribution in [0.15, 0.2) is 30.3 Å². The van der Waals surface area contributed by atoms with Crippen LogP contribution in [0.4, 0.5) is 0 Å². The van der Waals surface area contributed by atoms with Crippen molar-refractivity contribution < 1.29 is 5.11 Å². The molecule has 1 aromatic carbocycles. The fourth-order valence-electron chi connectivity index (χ4n) is 4.06. The summed E-state index contributed by atoms with van der Waals surface area (Å²) in [4.78, 5) is 5.20. The number of aliphatic hydroxyl groups is 1. The largest absolute Gasteiger partial charge is 0.385 e. The zero-order chi connectivity index (χ0) is 15.6. The number of rotatable bonds is 3. The van der Waals surface area contributed by atoms with Crippen LogP contribution in [0, 0.1) is 0 Å². The SMILES string of the molecule is CC(C)N1CCC(N2CCC(O)(c3ccccc3)CC2)CC1. The summed E-state index contributed by atoms with van der Waals surface area (Å²) in [5, 5.41) is 10.9. The Morgan fingerprint density at radius 3 is 2.14 bits per heavy atom. The first kappa shape index (κ1) is 16.0. The number of hydrogen-bond acceptors (Lipinski definition) is 3. The summed E-state index contributed by atoms with van der Waals surface area (Å²) >= 11 is 0. The van der Waals surface area contributed by atoms with Crippen LogP contribution in [0.5, 0.6) is 0 Å². The molecule has 1 N–H and O–H groups in total. The molecule has 3 heteroatoms. The van der Waals surface area contributed by atoms with E-state index < -0.39 is 5.60 Å². The van der Waals surface area contributed by atoms with Gasteiger partial charge in [-0.05, 0) is 58.2 Å². The van der Waals surface area contributed by atoms with Crippen molar-refractivity contribution in [2.24, 2.45) is 0 Å². The predicted octanol–water partition coefficient (Wildman–Crippen LogP) is 2.84. The van der Waals surface area contributed by atoms with Gasteiger partial charge in [0.05, 0.1) is 5.60 Å². The van der Waals surface area contributed by atoms with Crippen LogP contribution in [0.3, 0.4) is 0 Å². The number of hydrogen-bond donors (Lipinski definition) is 1. The smallest absolute Gasteiger partial charge is 0.0920 e. The van der Waals surface area contributed by atoms with Gasteiger partial charge in [-0.2, -0.15) is 0 Å². The molecule has 2 aliphatic heterocycles. The highest BCUT2D eigenvalue weighted by atomic mass is 16.3. The van der Waals surface area contributed by atoms with E-state index in [4.69, 9.17) is 0 Å². The maximum Gasteiger partial charge on any atom is 0.0920 e. The van der Waals surface area contributed by atoms with E-state index in [1.54, 1.807) is 0 Å². The second-order valence-electron chi connectivity index (χ2n) is 7.29. The molecule has 0 amide bonds. The van der Waals surface area contributed by atoms with E-state index in [0.29, 0.717) is 6.04 Å². The quantitative estimate of drug-likeness (QED) is 0.930. The number of nitrogens with zero attached hydrogens (tertiary/aromatic N) is 2. The van der Waals surface area contributed by atoms with Crippen LogP contribution >= 0.6 is 0 Å². The van der Waals surface area contributed by atoms with Gasteiger partial charge >= 0.3 is 0 Å². The number of likely N-dealkylation sites (tertiary alicyclic amines) is 2. The maximum absolute atomic E-state index is 10.9. The van der Waals surface area contributed by atoms with Crippen molar-refractivity contribution in [3.8, 4) is 0 Å². The molecule has 2 aliphatic rings. The third-order valence-corrected chi connectivity index (χ3v) is 5.68. The lowest BCUT2D eigenvalue weighted by Gasteiger charge is -2.45. The van der Waals surface area contributed by atoms with Crippen molar-refractivity contribution >= 4 is 0 Å². The molecule has 2 saturated heterocycles. The van der Waals surface area contributed by atoms with Gasteiger partial charge in [0.1, 0.15) is 0 Å².